The molecule has 106 valence electrons. The summed E-state index contributed by atoms with van der Waals surface area (Å²) >= 11 is 0. The molecular weight excluding hydrogens is 264 g/mol. The van der Waals surface area contributed by atoms with Crippen LogP contribution >= 0.6 is 0 Å². The van der Waals surface area contributed by atoms with Crippen LogP contribution in [0.25, 0.3) is 0 Å². The largest absolute Gasteiger partial charge is 0.337 e. The molecule has 0 amide bonds. The zero-order valence-electron chi connectivity index (χ0n) is 11.3. The van der Waals surface area contributed by atoms with E-state index in [1.54, 1.807) is 15.1 Å². The van der Waals surface area contributed by atoms with Crippen LogP contribution < -0.4 is 5.32 Å². The number of imidazole rings is 1. The molecule has 6 nitrogen and oxygen atoms in total. The molecule has 2 aliphatic rings. The molecule has 3 heterocycles. The molecule has 2 fully saturated rings. The molecule has 2 aliphatic heterocycles. The molecule has 3 rings (SSSR count). The van der Waals surface area contributed by atoms with Crippen molar-refractivity contribution >= 4 is 10.0 Å². The van der Waals surface area contributed by atoms with Crippen LogP contribution in [-0.2, 0) is 17.1 Å². The second kappa shape index (κ2) is 4.57. The van der Waals surface area contributed by atoms with E-state index in [1.807, 2.05) is 14.0 Å². The van der Waals surface area contributed by atoms with E-state index in [0.29, 0.717) is 0 Å². The fourth-order valence-electron chi connectivity index (χ4n) is 3.09. The molecule has 0 aliphatic carbocycles. The standard InChI is InChI=1S/C12H20N4O2S/c1-9-14-12(8-15(9)2)19(17,18)16-10-3-4-11(16)7-13-6-5-10/h8,10-11,13H,3-7H2,1-2H3. The maximum Gasteiger partial charge on any atom is 0.262 e. The van der Waals surface area contributed by atoms with Crippen molar-refractivity contribution in [3.05, 3.63) is 12.0 Å². The third-order valence-electron chi connectivity index (χ3n) is 4.22. The number of hydrogen-bond donors (Lipinski definition) is 1. The fraction of sp³-hybridized carbons (Fsp3) is 0.750. The average Bonchev–Trinajstić information content (AvgIpc) is 2.80. The number of nitrogens with one attached hydrogen (secondary N) is 1. The lowest BCUT2D eigenvalue weighted by atomic mass is 10.1. The Balaban J connectivity index is 2.00. The highest BCUT2D eigenvalue weighted by atomic mass is 32.2. The number of rotatable bonds is 2. The van der Waals surface area contributed by atoms with Crippen molar-refractivity contribution in [2.75, 3.05) is 13.1 Å². The first-order valence-electron chi connectivity index (χ1n) is 6.74. The van der Waals surface area contributed by atoms with E-state index in [4.69, 9.17) is 0 Å². The quantitative estimate of drug-likeness (QED) is 0.845. The van der Waals surface area contributed by atoms with Crippen molar-refractivity contribution in [3.63, 3.8) is 0 Å². The average molecular weight is 284 g/mol. The van der Waals surface area contributed by atoms with Crippen molar-refractivity contribution in [3.8, 4) is 0 Å². The molecule has 7 heteroatoms. The zero-order valence-corrected chi connectivity index (χ0v) is 12.2. The van der Waals surface area contributed by atoms with Gasteiger partial charge in [0, 0.05) is 31.9 Å². The molecule has 2 unspecified atom stereocenters. The van der Waals surface area contributed by atoms with Gasteiger partial charge in [0.2, 0.25) is 0 Å². The summed E-state index contributed by atoms with van der Waals surface area (Å²) in [7, 11) is -1.64. The topological polar surface area (TPSA) is 67.2 Å². The summed E-state index contributed by atoms with van der Waals surface area (Å²) in [6, 6.07) is 0.215. The van der Waals surface area contributed by atoms with Crippen LogP contribution in [0.4, 0.5) is 0 Å². The Morgan fingerprint density at radius 3 is 2.74 bits per heavy atom. The maximum atomic E-state index is 12.8. The lowest BCUT2D eigenvalue weighted by molar-refractivity contribution is 0.333. The lowest BCUT2D eigenvalue weighted by Crippen LogP contribution is -2.42. The Kier molecular flexibility index (Phi) is 3.15. The monoisotopic (exact) mass is 284 g/mol. The fourth-order valence-corrected chi connectivity index (χ4v) is 5.02. The summed E-state index contributed by atoms with van der Waals surface area (Å²) in [6.07, 6.45) is 4.42. The van der Waals surface area contributed by atoms with Crippen molar-refractivity contribution in [1.82, 2.24) is 19.2 Å². The highest BCUT2D eigenvalue weighted by molar-refractivity contribution is 7.89. The van der Waals surface area contributed by atoms with Crippen molar-refractivity contribution < 1.29 is 8.42 Å². The molecule has 0 saturated carbocycles. The van der Waals surface area contributed by atoms with Crippen LogP contribution in [-0.4, -0.2) is 47.4 Å². The van der Waals surface area contributed by atoms with E-state index in [1.165, 1.54) is 0 Å². The van der Waals surface area contributed by atoms with Crippen LogP contribution in [0.15, 0.2) is 11.2 Å². The molecule has 2 atom stereocenters. The van der Waals surface area contributed by atoms with E-state index in [0.717, 1.165) is 38.2 Å². The SMILES string of the molecule is Cc1nc(S(=O)(=O)N2C3CCNCC2CC3)cn1C. The van der Waals surface area contributed by atoms with Gasteiger partial charge in [0.15, 0.2) is 5.03 Å². The minimum Gasteiger partial charge on any atom is -0.337 e. The predicted molar refractivity (Wildman–Crippen MR) is 71.3 cm³/mol. The normalized spacial score (nSPS) is 28.5. The zero-order chi connectivity index (χ0) is 13.6. The molecule has 0 aromatic carbocycles. The van der Waals surface area contributed by atoms with E-state index in [9.17, 15) is 8.42 Å². The molecule has 0 spiro atoms. The van der Waals surface area contributed by atoms with Gasteiger partial charge in [-0.05, 0) is 32.7 Å². The minimum atomic E-state index is -3.46. The van der Waals surface area contributed by atoms with Crippen molar-refractivity contribution in [2.24, 2.45) is 7.05 Å². The highest BCUT2D eigenvalue weighted by Gasteiger charge is 2.43. The van der Waals surface area contributed by atoms with Gasteiger partial charge in [-0.3, -0.25) is 0 Å². The van der Waals surface area contributed by atoms with Gasteiger partial charge in [0.05, 0.1) is 0 Å². The van der Waals surface area contributed by atoms with E-state index in [2.05, 4.69) is 10.3 Å². The molecular formula is C12H20N4O2S. The number of fused-ring (bicyclic) bond motifs is 2. The summed E-state index contributed by atoms with van der Waals surface area (Å²) in [5.41, 5.74) is 0. The molecule has 2 saturated heterocycles. The Morgan fingerprint density at radius 1 is 1.32 bits per heavy atom. The van der Waals surface area contributed by atoms with E-state index < -0.39 is 10.0 Å². The third-order valence-corrected chi connectivity index (χ3v) is 6.09. The Hall–Kier alpha value is -0.920. The van der Waals surface area contributed by atoms with Gasteiger partial charge in [-0.2, -0.15) is 4.31 Å². The molecule has 0 radical (unpaired) electrons. The van der Waals surface area contributed by atoms with Crippen molar-refractivity contribution in [1.29, 1.82) is 0 Å². The van der Waals surface area contributed by atoms with Crippen LogP contribution in [0.3, 0.4) is 0 Å². The van der Waals surface area contributed by atoms with Gasteiger partial charge < -0.3 is 9.88 Å². The van der Waals surface area contributed by atoms with Gasteiger partial charge in [0.1, 0.15) is 5.82 Å². The predicted octanol–water partition coefficient (Wildman–Crippen LogP) is 0.244. The summed E-state index contributed by atoms with van der Waals surface area (Å²) in [6.45, 7) is 3.47. The summed E-state index contributed by atoms with van der Waals surface area (Å²) in [5.74, 6) is 0.721. The second-order valence-corrected chi connectivity index (χ2v) is 7.24. The number of aryl methyl sites for hydroxylation is 2. The third kappa shape index (κ3) is 2.09. The maximum absolute atomic E-state index is 12.8. The molecule has 1 aromatic rings. The smallest absolute Gasteiger partial charge is 0.262 e. The first kappa shape index (κ1) is 13.1. The van der Waals surface area contributed by atoms with Crippen LogP contribution in [0.2, 0.25) is 0 Å². The van der Waals surface area contributed by atoms with Crippen LogP contribution in [0.1, 0.15) is 25.1 Å². The van der Waals surface area contributed by atoms with Crippen LogP contribution in [0, 0.1) is 6.92 Å². The minimum absolute atomic E-state index is 0.0832. The lowest BCUT2D eigenvalue weighted by Gasteiger charge is -2.25. The number of hydrogen-bond acceptors (Lipinski definition) is 4. The number of nitrogens with zero attached hydrogens (tertiary/aromatic N) is 3. The van der Waals surface area contributed by atoms with Crippen molar-refractivity contribution in [2.45, 2.75) is 43.3 Å². The van der Waals surface area contributed by atoms with Gasteiger partial charge in [-0.1, -0.05) is 0 Å². The Labute approximate surface area is 113 Å². The molecule has 2 bridgehead atoms. The summed E-state index contributed by atoms with van der Waals surface area (Å²) in [5, 5.41) is 3.50. The van der Waals surface area contributed by atoms with Gasteiger partial charge in [-0.25, -0.2) is 13.4 Å². The molecule has 19 heavy (non-hydrogen) atoms. The van der Waals surface area contributed by atoms with E-state index >= 15 is 0 Å². The van der Waals surface area contributed by atoms with Gasteiger partial charge in [-0.15, -0.1) is 0 Å². The summed E-state index contributed by atoms with van der Waals surface area (Å²) < 4.78 is 29.0. The van der Waals surface area contributed by atoms with Gasteiger partial charge >= 0.3 is 0 Å². The first-order valence-corrected chi connectivity index (χ1v) is 8.18. The molecule has 1 N–H and O–H groups in total. The Morgan fingerprint density at radius 2 is 2.05 bits per heavy atom. The van der Waals surface area contributed by atoms with Crippen LogP contribution in [0.5, 0.6) is 0 Å². The number of sulfonamides is 1. The van der Waals surface area contributed by atoms with E-state index in [-0.39, 0.29) is 17.1 Å². The Bertz CT molecular complexity index is 547. The first-order chi connectivity index (χ1) is 9.00. The second-order valence-electron chi connectivity index (χ2n) is 5.45. The number of aromatic nitrogens is 2. The summed E-state index contributed by atoms with van der Waals surface area (Å²) in [4.78, 5) is 4.20. The van der Waals surface area contributed by atoms with Gasteiger partial charge in [0.25, 0.3) is 10.0 Å². The molecule has 1 aromatic heterocycles. The highest BCUT2D eigenvalue weighted by Crippen LogP contribution is 2.33.